The summed E-state index contributed by atoms with van der Waals surface area (Å²) >= 11 is 0. The van der Waals surface area contributed by atoms with Gasteiger partial charge in [0.2, 0.25) is 0 Å². The molecule has 3 nitrogen and oxygen atoms in total. The highest BCUT2D eigenvalue weighted by atomic mass is 35.5. The van der Waals surface area contributed by atoms with Gasteiger partial charge in [0.25, 0.3) is 0 Å². The molecule has 0 saturated carbocycles. The number of rotatable bonds is 1. The van der Waals surface area contributed by atoms with E-state index in [0.29, 0.717) is 5.92 Å². The number of halogens is 2. The maximum atomic E-state index is 12.1. The van der Waals surface area contributed by atoms with E-state index in [9.17, 15) is 4.79 Å². The minimum Gasteiger partial charge on any atom is -0.469 e. The van der Waals surface area contributed by atoms with Crippen LogP contribution in [0.15, 0.2) is 24.3 Å². The molecule has 0 spiro atoms. The average Bonchev–Trinajstić information content (AvgIpc) is 2.78. The van der Waals surface area contributed by atoms with Gasteiger partial charge in [-0.05, 0) is 36.4 Å². The zero-order chi connectivity index (χ0) is 11.9. The first kappa shape index (κ1) is 16.3. The van der Waals surface area contributed by atoms with Crippen molar-refractivity contribution in [3.63, 3.8) is 0 Å². The second-order valence-corrected chi connectivity index (χ2v) is 5.13. The van der Waals surface area contributed by atoms with Gasteiger partial charge < -0.3 is 10.1 Å². The van der Waals surface area contributed by atoms with Gasteiger partial charge in [0.1, 0.15) is 0 Å². The first-order valence-electron chi connectivity index (χ1n) is 6.12. The maximum Gasteiger partial charge on any atom is 0.313 e. The molecule has 1 aromatic carbocycles. The summed E-state index contributed by atoms with van der Waals surface area (Å²) in [7, 11) is 1.49. The number of ether oxygens (including phenoxy) is 1. The molecular weight excluding hydrogens is 285 g/mol. The molecule has 3 rings (SSSR count). The lowest BCUT2D eigenvalue weighted by molar-refractivity contribution is -0.154. The van der Waals surface area contributed by atoms with Crippen molar-refractivity contribution < 1.29 is 9.53 Å². The van der Waals surface area contributed by atoms with E-state index in [-0.39, 0.29) is 36.2 Å². The summed E-state index contributed by atoms with van der Waals surface area (Å²) < 4.78 is 5.03. The molecule has 1 aromatic rings. The first-order chi connectivity index (χ1) is 8.26. The number of hydrogen-bond acceptors (Lipinski definition) is 3. The van der Waals surface area contributed by atoms with Crippen LogP contribution in [0.25, 0.3) is 0 Å². The van der Waals surface area contributed by atoms with E-state index >= 15 is 0 Å². The number of carbonyl (C=O) groups is 1. The van der Waals surface area contributed by atoms with Crippen LogP contribution >= 0.6 is 24.8 Å². The minimum atomic E-state index is -0.330. The van der Waals surface area contributed by atoms with Gasteiger partial charge in [0.15, 0.2) is 0 Å². The summed E-state index contributed by atoms with van der Waals surface area (Å²) in [6, 6.07) is 8.43. The Hall–Kier alpha value is -0.770. The van der Waals surface area contributed by atoms with Gasteiger partial charge in [-0.2, -0.15) is 0 Å². The molecule has 2 aliphatic rings. The van der Waals surface area contributed by atoms with Crippen molar-refractivity contribution in [3.8, 4) is 0 Å². The Morgan fingerprint density at radius 1 is 1.32 bits per heavy atom. The summed E-state index contributed by atoms with van der Waals surface area (Å²) in [6.07, 6.45) is 1.80. The molecule has 1 N–H and O–H groups in total. The van der Waals surface area contributed by atoms with Crippen LogP contribution in [0.4, 0.5) is 0 Å². The predicted molar refractivity (Wildman–Crippen MR) is 79.2 cm³/mol. The number of methoxy groups -OCH3 is 1. The zero-order valence-corrected chi connectivity index (χ0v) is 12.5. The molecule has 19 heavy (non-hydrogen) atoms. The van der Waals surface area contributed by atoms with E-state index in [1.54, 1.807) is 0 Å². The second-order valence-electron chi connectivity index (χ2n) is 5.13. The molecule has 1 fully saturated rings. The molecule has 5 heteroatoms. The Morgan fingerprint density at radius 3 is 2.68 bits per heavy atom. The number of carbonyl (C=O) groups excluding carboxylic acids is 1. The van der Waals surface area contributed by atoms with E-state index in [1.165, 1.54) is 18.2 Å². The molecule has 1 saturated heterocycles. The highest BCUT2D eigenvalue weighted by Gasteiger charge is 2.52. The predicted octanol–water partition coefficient (Wildman–Crippen LogP) is 2.01. The molecule has 0 aromatic heterocycles. The van der Waals surface area contributed by atoms with Crippen molar-refractivity contribution >= 4 is 30.8 Å². The molecule has 1 heterocycles. The number of esters is 1. The Kier molecular flexibility index (Phi) is 5.25. The van der Waals surface area contributed by atoms with Crippen molar-refractivity contribution in [3.05, 3.63) is 35.4 Å². The van der Waals surface area contributed by atoms with Gasteiger partial charge in [-0.15, -0.1) is 24.8 Å². The number of benzene rings is 1. The smallest absolute Gasteiger partial charge is 0.313 e. The van der Waals surface area contributed by atoms with E-state index in [4.69, 9.17) is 4.74 Å². The SMILES string of the molecule is COC(=O)C12CNCC1Cc1ccccc1C2.Cl.Cl. The Bertz CT molecular complexity index is 467. The number of nitrogens with one attached hydrogen (secondary N) is 1. The standard InChI is InChI=1S/C14H17NO2.2ClH/c1-17-13(16)14-7-11-5-3-2-4-10(11)6-12(14)8-15-9-14;;/h2-5,12,15H,6-9H2,1H3;2*1H. The fraction of sp³-hybridized carbons (Fsp3) is 0.500. The maximum absolute atomic E-state index is 12.1. The third kappa shape index (κ3) is 2.47. The van der Waals surface area contributed by atoms with Crippen molar-refractivity contribution in [1.82, 2.24) is 5.32 Å². The quantitative estimate of drug-likeness (QED) is 0.807. The van der Waals surface area contributed by atoms with Crippen LogP contribution in [0.2, 0.25) is 0 Å². The van der Waals surface area contributed by atoms with Crippen molar-refractivity contribution in [1.29, 1.82) is 0 Å². The molecule has 0 bridgehead atoms. The lowest BCUT2D eigenvalue weighted by Crippen LogP contribution is -2.45. The molecular formula is C14H19Cl2NO2. The first-order valence-corrected chi connectivity index (χ1v) is 6.12. The summed E-state index contributed by atoms with van der Waals surface area (Å²) in [4.78, 5) is 12.1. The second kappa shape index (κ2) is 6.12. The van der Waals surface area contributed by atoms with Crippen LogP contribution in [0.1, 0.15) is 11.1 Å². The van der Waals surface area contributed by atoms with Crippen LogP contribution < -0.4 is 5.32 Å². The summed E-state index contributed by atoms with van der Waals surface area (Å²) in [5.41, 5.74) is 2.36. The largest absolute Gasteiger partial charge is 0.469 e. The lowest BCUT2D eigenvalue weighted by atomic mass is 9.66. The van der Waals surface area contributed by atoms with Gasteiger partial charge in [-0.25, -0.2) is 0 Å². The van der Waals surface area contributed by atoms with Crippen LogP contribution in [0.5, 0.6) is 0 Å². The van der Waals surface area contributed by atoms with Crippen LogP contribution in [0, 0.1) is 11.3 Å². The van der Waals surface area contributed by atoms with Gasteiger partial charge in [0, 0.05) is 6.54 Å². The van der Waals surface area contributed by atoms with Gasteiger partial charge in [-0.1, -0.05) is 24.3 Å². The average molecular weight is 304 g/mol. The molecule has 2 atom stereocenters. The van der Waals surface area contributed by atoms with Crippen LogP contribution in [-0.2, 0) is 22.4 Å². The molecule has 2 unspecified atom stereocenters. The van der Waals surface area contributed by atoms with E-state index < -0.39 is 0 Å². The van der Waals surface area contributed by atoms with Crippen molar-refractivity contribution in [2.24, 2.45) is 11.3 Å². The third-order valence-corrected chi connectivity index (χ3v) is 4.30. The Morgan fingerprint density at radius 2 is 2.00 bits per heavy atom. The molecule has 1 aliphatic heterocycles. The molecule has 106 valence electrons. The van der Waals surface area contributed by atoms with Crippen molar-refractivity contribution in [2.75, 3.05) is 20.2 Å². The number of hydrogen-bond donors (Lipinski definition) is 1. The minimum absolute atomic E-state index is 0. The summed E-state index contributed by atoms with van der Waals surface area (Å²) in [6.45, 7) is 1.67. The summed E-state index contributed by atoms with van der Waals surface area (Å²) in [5.74, 6) is 0.326. The topological polar surface area (TPSA) is 38.3 Å². The zero-order valence-electron chi connectivity index (χ0n) is 10.8. The normalized spacial score (nSPS) is 27.3. The molecule has 0 radical (unpaired) electrons. The van der Waals surface area contributed by atoms with Crippen molar-refractivity contribution in [2.45, 2.75) is 12.8 Å². The fourth-order valence-corrected chi connectivity index (χ4v) is 3.33. The molecule has 1 aliphatic carbocycles. The van der Waals surface area contributed by atoms with E-state index in [2.05, 4.69) is 23.5 Å². The van der Waals surface area contributed by atoms with Gasteiger partial charge >= 0.3 is 5.97 Å². The highest BCUT2D eigenvalue weighted by Crippen LogP contribution is 2.43. The van der Waals surface area contributed by atoms with Crippen LogP contribution in [-0.4, -0.2) is 26.2 Å². The van der Waals surface area contributed by atoms with E-state index in [1.807, 2.05) is 6.07 Å². The van der Waals surface area contributed by atoms with Gasteiger partial charge in [0.05, 0.1) is 12.5 Å². The van der Waals surface area contributed by atoms with Crippen LogP contribution in [0.3, 0.4) is 0 Å². The Labute approximate surface area is 125 Å². The third-order valence-electron chi connectivity index (χ3n) is 4.30. The number of fused-ring (bicyclic) bond motifs is 2. The molecule has 0 amide bonds. The Balaban J connectivity index is 0.000000902. The fourth-order valence-electron chi connectivity index (χ4n) is 3.33. The van der Waals surface area contributed by atoms with Gasteiger partial charge in [-0.3, -0.25) is 4.79 Å². The lowest BCUT2D eigenvalue weighted by Gasteiger charge is -2.37. The highest BCUT2D eigenvalue weighted by molar-refractivity contribution is 5.85. The van der Waals surface area contributed by atoms with E-state index in [0.717, 1.165) is 25.9 Å². The monoisotopic (exact) mass is 303 g/mol. The summed E-state index contributed by atoms with van der Waals surface area (Å²) in [5, 5.41) is 3.35.